The van der Waals surface area contributed by atoms with Gasteiger partial charge in [-0.1, -0.05) is 17.3 Å². The van der Waals surface area contributed by atoms with Crippen molar-refractivity contribution in [2.24, 2.45) is 18.9 Å². The van der Waals surface area contributed by atoms with Crippen LogP contribution in [0.3, 0.4) is 0 Å². The van der Waals surface area contributed by atoms with Crippen molar-refractivity contribution in [2.45, 2.75) is 18.4 Å². The number of pyridine rings is 1. The van der Waals surface area contributed by atoms with Crippen LogP contribution in [0.2, 0.25) is 0 Å². The topological polar surface area (TPSA) is 105 Å². The number of fused-ring (bicyclic) bond motifs is 3. The molecular weight excluding hydrogens is 418 g/mol. The lowest BCUT2D eigenvalue weighted by molar-refractivity contribution is 0.363. The number of aromatic nitrogens is 7. The first-order valence-corrected chi connectivity index (χ1v) is 10.9. The first-order chi connectivity index (χ1) is 16.2. The van der Waals surface area contributed by atoms with E-state index in [1.807, 2.05) is 18.5 Å². The van der Waals surface area contributed by atoms with Gasteiger partial charge in [0, 0.05) is 30.7 Å². The fourth-order valence-electron chi connectivity index (χ4n) is 5.97. The van der Waals surface area contributed by atoms with Crippen molar-refractivity contribution in [1.82, 2.24) is 34.2 Å². The summed E-state index contributed by atoms with van der Waals surface area (Å²) >= 11 is 0. The van der Waals surface area contributed by atoms with Crippen LogP contribution in [0.4, 0.5) is 0 Å². The van der Waals surface area contributed by atoms with Gasteiger partial charge in [-0.25, -0.2) is 9.97 Å². The molecule has 33 heavy (non-hydrogen) atoms. The van der Waals surface area contributed by atoms with Crippen molar-refractivity contribution in [3.63, 3.8) is 0 Å². The van der Waals surface area contributed by atoms with Crippen LogP contribution in [-0.4, -0.2) is 34.2 Å². The Morgan fingerprint density at radius 1 is 1.18 bits per heavy atom. The third-order valence-corrected chi connectivity index (χ3v) is 7.62. The van der Waals surface area contributed by atoms with Gasteiger partial charge in [-0.2, -0.15) is 4.98 Å². The maximum Gasteiger partial charge on any atom is 0.280 e. The maximum atomic E-state index is 12.8. The number of aryl methyl sites for hydroxylation is 1. The molecule has 2 bridgehead atoms. The average molecular weight is 435 g/mol. The molecule has 0 unspecified atom stereocenters. The molecule has 4 heterocycles. The summed E-state index contributed by atoms with van der Waals surface area (Å²) in [5.41, 5.74) is 4.81. The molecule has 1 aromatic carbocycles. The Kier molecular flexibility index (Phi) is 2.96. The number of imidazole rings is 1. The van der Waals surface area contributed by atoms with Crippen LogP contribution in [0.15, 0.2) is 64.2 Å². The largest absolute Gasteiger partial charge is 0.337 e. The minimum Gasteiger partial charge on any atom is -0.337 e. The van der Waals surface area contributed by atoms with Crippen LogP contribution in [0.25, 0.3) is 27.5 Å². The highest BCUT2D eigenvalue weighted by Gasteiger charge is 2.89. The second-order valence-corrected chi connectivity index (χ2v) is 9.20. The second-order valence-electron chi connectivity index (χ2n) is 9.20. The van der Waals surface area contributed by atoms with Crippen molar-refractivity contribution in [1.29, 1.82) is 0 Å². The SMILES string of the molecule is Cn1cnc2ncn(Cc3nc([C@]45C6=C(c7ccc8ccncc8c7)C[C@@H]4[C@H]65)no3)c(=O)c21. The molecule has 9 rings (SSSR count). The van der Waals surface area contributed by atoms with Gasteiger partial charge in [-0.05, 0) is 46.6 Å². The van der Waals surface area contributed by atoms with E-state index in [0.717, 1.165) is 17.6 Å². The molecule has 4 aliphatic carbocycles. The molecule has 9 heteroatoms. The van der Waals surface area contributed by atoms with Crippen molar-refractivity contribution in [3.8, 4) is 0 Å². The first kappa shape index (κ1) is 17.4. The van der Waals surface area contributed by atoms with Gasteiger partial charge in [-0.15, -0.1) is 0 Å². The Hall–Kier alpha value is -4.14. The van der Waals surface area contributed by atoms with Crippen LogP contribution in [0.1, 0.15) is 23.7 Å². The van der Waals surface area contributed by atoms with Crippen LogP contribution >= 0.6 is 0 Å². The van der Waals surface area contributed by atoms with Crippen LogP contribution < -0.4 is 5.56 Å². The van der Waals surface area contributed by atoms with E-state index in [0.29, 0.717) is 28.9 Å². The molecule has 2 saturated carbocycles. The Morgan fingerprint density at radius 2 is 2.09 bits per heavy atom. The molecule has 0 spiro atoms. The first-order valence-electron chi connectivity index (χ1n) is 10.9. The lowest BCUT2D eigenvalue weighted by Gasteiger charge is -2.03. The van der Waals surface area contributed by atoms with Gasteiger partial charge < -0.3 is 9.09 Å². The second kappa shape index (κ2) is 5.61. The molecule has 2 fully saturated rings. The Bertz CT molecular complexity index is 1740. The molecule has 0 aliphatic heterocycles. The van der Waals surface area contributed by atoms with E-state index in [2.05, 4.69) is 38.3 Å². The summed E-state index contributed by atoms with van der Waals surface area (Å²) in [6.45, 7) is 0.189. The van der Waals surface area contributed by atoms with Crippen molar-refractivity contribution < 1.29 is 4.52 Å². The highest BCUT2D eigenvalue weighted by atomic mass is 16.5. The van der Waals surface area contributed by atoms with Crippen LogP contribution in [0, 0.1) is 11.8 Å². The normalized spacial score (nSPS) is 24.6. The summed E-state index contributed by atoms with van der Waals surface area (Å²) in [4.78, 5) is 30.2. The number of hydrogen-bond acceptors (Lipinski definition) is 7. The molecule has 0 amide bonds. The number of nitrogens with zero attached hydrogens (tertiary/aromatic N) is 7. The number of hydrogen-bond donors (Lipinski definition) is 0. The molecule has 0 radical (unpaired) electrons. The maximum absolute atomic E-state index is 12.8. The van der Waals surface area contributed by atoms with Gasteiger partial charge in [0.25, 0.3) is 5.56 Å². The van der Waals surface area contributed by atoms with E-state index >= 15 is 0 Å². The van der Waals surface area contributed by atoms with E-state index in [1.54, 1.807) is 17.9 Å². The molecule has 4 aromatic heterocycles. The van der Waals surface area contributed by atoms with Gasteiger partial charge in [0.05, 0.1) is 11.7 Å². The minimum absolute atomic E-state index is 0.0455. The van der Waals surface area contributed by atoms with Gasteiger partial charge in [0.15, 0.2) is 17.0 Å². The third kappa shape index (κ3) is 2.07. The standard InChI is InChI=1S/C24H17N7O2/c1-30-10-26-21-20(30)22(32)31(11-27-21)9-17-28-23(29-33-17)24-16-7-15(18(24)19(16)24)13-3-2-12-4-5-25-8-14(12)6-13/h2-6,8,10-11,16,19H,7,9H2,1H3/t16-,19-,24+/m1/s1. The smallest absolute Gasteiger partial charge is 0.280 e. The van der Waals surface area contributed by atoms with Gasteiger partial charge in [0.2, 0.25) is 5.89 Å². The molecule has 160 valence electrons. The molecular formula is C24H17N7O2. The summed E-state index contributed by atoms with van der Waals surface area (Å²) in [7, 11) is 1.78. The average Bonchev–Trinajstić information content (AvgIpc) is 3.29. The monoisotopic (exact) mass is 435 g/mol. The lowest BCUT2D eigenvalue weighted by atomic mass is 10.0. The van der Waals surface area contributed by atoms with E-state index < -0.39 is 0 Å². The summed E-state index contributed by atoms with van der Waals surface area (Å²) in [6, 6.07) is 8.63. The molecule has 4 aliphatic rings. The fraction of sp³-hybridized carbons (Fsp3) is 0.250. The van der Waals surface area contributed by atoms with E-state index in [9.17, 15) is 4.79 Å². The molecule has 9 nitrogen and oxygen atoms in total. The zero-order chi connectivity index (χ0) is 21.9. The quantitative estimate of drug-likeness (QED) is 0.427. The molecule has 0 saturated heterocycles. The highest BCUT2D eigenvalue weighted by Crippen LogP contribution is 2.90. The summed E-state index contributed by atoms with van der Waals surface area (Å²) in [6.07, 6.45) is 7.85. The Balaban J connectivity index is 1.12. The summed E-state index contributed by atoms with van der Waals surface area (Å²) in [5.74, 6) is 2.27. The van der Waals surface area contributed by atoms with E-state index in [1.165, 1.54) is 33.0 Å². The van der Waals surface area contributed by atoms with Crippen molar-refractivity contribution in [2.75, 3.05) is 0 Å². The van der Waals surface area contributed by atoms with Gasteiger partial charge in [-0.3, -0.25) is 14.3 Å². The third-order valence-electron chi connectivity index (χ3n) is 7.62. The van der Waals surface area contributed by atoms with Gasteiger partial charge >= 0.3 is 0 Å². The van der Waals surface area contributed by atoms with Crippen molar-refractivity contribution >= 4 is 27.5 Å². The molecule has 5 aromatic rings. The minimum atomic E-state index is -0.176. The highest BCUT2D eigenvalue weighted by molar-refractivity contribution is 5.93. The van der Waals surface area contributed by atoms with Crippen LogP contribution in [0.5, 0.6) is 0 Å². The predicted octanol–water partition coefficient (Wildman–Crippen LogP) is 2.46. The van der Waals surface area contributed by atoms with E-state index in [-0.39, 0.29) is 17.5 Å². The van der Waals surface area contributed by atoms with E-state index in [4.69, 9.17) is 9.51 Å². The number of allylic oxidation sites excluding steroid dienone is 2. The molecule has 0 N–H and O–H groups in total. The fourth-order valence-corrected chi connectivity index (χ4v) is 5.97. The lowest BCUT2D eigenvalue weighted by Crippen LogP contribution is -2.22. The molecule has 3 atom stereocenters. The van der Waals surface area contributed by atoms with Crippen molar-refractivity contribution in [3.05, 3.63) is 82.5 Å². The van der Waals surface area contributed by atoms with Crippen LogP contribution in [-0.2, 0) is 19.0 Å². The predicted molar refractivity (Wildman–Crippen MR) is 118 cm³/mol. The number of benzene rings is 1. The zero-order valence-electron chi connectivity index (χ0n) is 17.6. The summed E-state index contributed by atoms with van der Waals surface area (Å²) in [5, 5.41) is 6.68. The van der Waals surface area contributed by atoms with Gasteiger partial charge in [0.1, 0.15) is 12.9 Å². The zero-order valence-corrected chi connectivity index (χ0v) is 17.6. The number of rotatable bonds is 4. The Morgan fingerprint density at radius 3 is 3.00 bits per heavy atom. The summed E-state index contributed by atoms with van der Waals surface area (Å²) < 4.78 is 8.72. The Labute approximate surface area is 186 Å².